The number of hydrogen-bond acceptors (Lipinski definition) is 6. The van der Waals surface area contributed by atoms with Gasteiger partial charge in [-0.25, -0.2) is 0 Å². The third kappa shape index (κ3) is 4.21. The number of nitrogens with zero attached hydrogens (tertiary/aromatic N) is 1. The van der Waals surface area contributed by atoms with Gasteiger partial charge in [0.05, 0.1) is 6.10 Å². The van der Waals surface area contributed by atoms with Crippen molar-refractivity contribution >= 4 is 25.4 Å². The maximum absolute atomic E-state index is 11.7. The van der Waals surface area contributed by atoms with E-state index in [2.05, 4.69) is 24.6 Å². The summed E-state index contributed by atoms with van der Waals surface area (Å²) >= 11 is 5.13. The number of aliphatic hydroxyl groups is 2. The van der Waals surface area contributed by atoms with Gasteiger partial charge in [-0.3, -0.25) is 14.3 Å². The van der Waals surface area contributed by atoms with E-state index in [1.807, 2.05) is 0 Å². The molecule has 1 aromatic rings. The van der Waals surface area contributed by atoms with E-state index < -0.39 is 31.4 Å². The van der Waals surface area contributed by atoms with Crippen molar-refractivity contribution in [2.24, 2.45) is 5.73 Å². The summed E-state index contributed by atoms with van der Waals surface area (Å²) in [5, 5.41) is 20.5. The van der Waals surface area contributed by atoms with Gasteiger partial charge in [0.2, 0.25) is 0 Å². The number of nitrogens with two attached hydrogens (primary N) is 1. The fourth-order valence-corrected chi connectivity index (χ4v) is 3.74. The molecule has 1 saturated heterocycles. The number of aromatic amines is 1. The molecule has 7 nitrogen and oxygen atoms in total. The predicted molar refractivity (Wildman–Crippen MR) is 95.1 cm³/mol. The van der Waals surface area contributed by atoms with E-state index in [4.69, 9.17) is 22.7 Å². The molecule has 0 amide bonds. The molecule has 0 bridgehead atoms. The van der Waals surface area contributed by atoms with Crippen molar-refractivity contribution in [2.75, 3.05) is 19.5 Å². The van der Waals surface area contributed by atoms with Gasteiger partial charge in [0.25, 0.3) is 5.56 Å². The second kappa shape index (κ2) is 7.01. The van der Waals surface area contributed by atoms with Crippen LogP contribution in [0.4, 0.5) is 0 Å². The van der Waals surface area contributed by atoms with Crippen LogP contribution in [0, 0.1) is 4.77 Å². The first-order chi connectivity index (χ1) is 10.6. The van der Waals surface area contributed by atoms with Gasteiger partial charge >= 0.3 is 0 Å². The minimum Gasteiger partial charge on any atom is -0.388 e. The summed E-state index contributed by atoms with van der Waals surface area (Å²) in [7, 11) is 0. The number of H-pyrrole nitrogens is 1. The Hall–Kier alpha value is -0.760. The lowest BCUT2D eigenvalue weighted by molar-refractivity contribution is -0.0392. The summed E-state index contributed by atoms with van der Waals surface area (Å²) in [5.74, 6) is 0. The molecule has 4 atom stereocenters. The summed E-state index contributed by atoms with van der Waals surface area (Å²) in [6, 6.07) is 0. The van der Waals surface area contributed by atoms with Crippen LogP contribution in [-0.2, 0) is 11.3 Å². The Bertz CT molecular complexity index is 725. The Morgan fingerprint density at radius 1 is 1.48 bits per heavy atom. The van der Waals surface area contributed by atoms with E-state index in [9.17, 15) is 15.0 Å². The highest BCUT2D eigenvalue weighted by Crippen LogP contribution is 2.39. The maximum atomic E-state index is 11.7. The summed E-state index contributed by atoms with van der Waals surface area (Å²) in [4.78, 5) is 14.2. The van der Waals surface area contributed by atoms with Gasteiger partial charge in [-0.2, -0.15) is 0 Å². The quantitative estimate of drug-likeness (QED) is 0.436. The van der Waals surface area contributed by atoms with E-state index in [-0.39, 0.29) is 16.9 Å². The van der Waals surface area contributed by atoms with Crippen molar-refractivity contribution in [3.63, 3.8) is 0 Å². The average Bonchev–Trinajstić information content (AvgIpc) is 2.73. The predicted octanol–water partition coefficient (Wildman–Crippen LogP) is 0.0831. The molecule has 5 N–H and O–H groups in total. The number of hydrogen-bond donors (Lipinski definition) is 4. The third-order valence-corrected chi connectivity index (χ3v) is 5.67. The highest BCUT2D eigenvalue weighted by atomic mass is 32.1. The molecular formula is C14H24N3O4PS. The molecule has 23 heavy (non-hydrogen) atoms. The smallest absolute Gasteiger partial charge is 0.256 e. The molecule has 1 fully saturated rings. The van der Waals surface area contributed by atoms with Crippen molar-refractivity contribution in [3.8, 4) is 0 Å². The van der Waals surface area contributed by atoms with Crippen LogP contribution in [0.2, 0.25) is 0 Å². The molecule has 2 heterocycles. The zero-order valence-electron chi connectivity index (χ0n) is 13.3. The maximum Gasteiger partial charge on any atom is 0.256 e. The zero-order chi connectivity index (χ0) is 17.4. The van der Waals surface area contributed by atoms with Crippen molar-refractivity contribution < 1.29 is 14.9 Å². The lowest BCUT2D eigenvalue weighted by Crippen LogP contribution is -2.33. The van der Waals surface area contributed by atoms with Gasteiger partial charge in [-0.1, -0.05) is 0 Å². The third-order valence-electron chi connectivity index (χ3n) is 3.89. The normalized spacial score (nSPS) is 28.2. The monoisotopic (exact) mass is 361 g/mol. The molecule has 0 aromatic carbocycles. The van der Waals surface area contributed by atoms with Crippen molar-refractivity contribution in [3.05, 3.63) is 26.9 Å². The van der Waals surface area contributed by atoms with Gasteiger partial charge < -0.3 is 20.7 Å². The van der Waals surface area contributed by atoms with E-state index in [1.165, 1.54) is 10.8 Å². The Kier molecular flexibility index (Phi) is 5.66. The fourth-order valence-electron chi connectivity index (χ4n) is 2.54. The minimum atomic E-state index is -1.25. The van der Waals surface area contributed by atoms with Crippen molar-refractivity contribution in [1.29, 1.82) is 0 Å². The SMILES string of the molecule is C=P(C)(C)CC[C@H]1OC(n2cc(CN)c(=O)[nH]c2=S)[C@H](O)[C@@H]1O. The number of aliphatic hydroxyl groups excluding tert-OH is 2. The first-order valence-corrected chi connectivity index (χ1v) is 10.8. The Balaban J connectivity index is 2.26. The van der Waals surface area contributed by atoms with Crippen LogP contribution in [0.15, 0.2) is 11.0 Å². The molecular weight excluding hydrogens is 337 g/mol. The van der Waals surface area contributed by atoms with Gasteiger partial charge in [0, 0.05) is 18.3 Å². The van der Waals surface area contributed by atoms with Crippen LogP contribution < -0.4 is 11.3 Å². The van der Waals surface area contributed by atoms with Gasteiger partial charge in [-0.15, -0.1) is 13.2 Å². The molecule has 1 unspecified atom stereocenters. The highest BCUT2D eigenvalue weighted by molar-refractivity contribution is 7.72. The van der Waals surface area contributed by atoms with E-state index in [0.29, 0.717) is 12.0 Å². The van der Waals surface area contributed by atoms with Crippen molar-refractivity contribution in [2.45, 2.75) is 37.5 Å². The summed E-state index contributed by atoms with van der Waals surface area (Å²) in [5.41, 5.74) is 5.50. The number of aromatic nitrogens is 2. The topological polar surface area (TPSA) is 114 Å². The van der Waals surface area contributed by atoms with Gasteiger partial charge in [0.15, 0.2) is 11.0 Å². The summed E-state index contributed by atoms with van der Waals surface area (Å²) in [6.45, 7) is 3.00. The first-order valence-electron chi connectivity index (χ1n) is 7.37. The molecule has 0 saturated carbocycles. The molecule has 1 aliphatic rings. The van der Waals surface area contributed by atoms with Crippen LogP contribution in [0.5, 0.6) is 0 Å². The molecule has 0 aliphatic carbocycles. The molecule has 1 aliphatic heterocycles. The zero-order valence-corrected chi connectivity index (χ0v) is 15.0. The molecule has 0 radical (unpaired) electrons. The Morgan fingerprint density at radius 2 is 2.13 bits per heavy atom. The summed E-state index contributed by atoms with van der Waals surface area (Å²) in [6.07, 6.45) is 3.58. The highest BCUT2D eigenvalue weighted by Gasteiger charge is 2.43. The Labute approximate surface area is 140 Å². The van der Waals surface area contributed by atoms with Gasteiger partial charge in [0.1, 0.15) is 12.2 Å². The number of rotatable bonds is 5. The van der Waals surface area contributed by atoms with Crippen LogP contribution in [-0.4, -0.2) is 63.9 Å². The van der Waals surface area contributed by atoms with E-state index in [1.54, 1.807) is 0 Å². The second-order valence-corrected chi connectivity index (χ2v) is 11.2. The Morgan fingerprint density at radius 3 is 2.70 bits per heavy atom. The minimum absolute atomic E-state index is 0.0416. The van der Waals surface area contributed by atoms with E-state index >= 15 is 0 Å². The molecule has 130 valence electrons. The van der Waals surface area contributed by atoms with Crippen LogP contribution >= 0.6 is 19.1 Å². The lowest BCUT2D eigenvalue weighted by atomic mass is 10.1. The first kappa shape index (κ1) is 18.6. The molecule has 2 rings (SSSR count). The molecule has 1 aromatic heterocycles. The van der Waals surface area contributed by atoms with Crippen molar-refractivity contribution in [1.82, 2.24) is 9.55 Å². The fraction of sp³-hybridized carbons (Fsp3) is 0.643. The molecule has 9 heteroatoms. The van der Waals surface area contributed by atoms with E-state index in [0.717, 1.165) is 6.16 Å². The van der Waals surface area contributed by atoms with Crippen LogP contribution in [0.1, 0.15) is 18.2 Å². The van der Waals surface area contributed by atoms with Crippen LogP contribution in [0.25, 0.3) is 0 Å². The second-order valence-electron chi connectivity index (χ2n) is 6.52. The number of ether oxygens (including phenoxy) is 1. The number of nitrogens with one attached hydrogen (secondary N) is 1. The largest absolute Gasteiger partial charge is 0.388 e. The average molecular weight is 361 g/mol. The van der Waals surface area contributed by atoms with Crippen LogP contribution in [0.3, 0.4) is 0 Å². The van der Waals surface area contributed by atoms with Gasteiger partial charge in [-0.05, 0) is 38.1 Å². The lowest BCUT2D eigenvalue weighted by Gasteiger charge is -2.19. The standard InChI is InChI=1S/C14H24N3O4PS/c1-22(2,3)5-4-9-10(18)11(19)13(21-9)17-7-8(6-15)12(20)16-14(17)23/h7,9-11,13,18-19H,1,4-6,15H2,2-3H3,(H,16,20,23)/t9-,10-,11-,13?/m1/s1. The molecule has 0 spiro atoms. The summed E-state index contributed by atoms with van der Waals surface area (Å²) < 4.78 is 7.37.